The molecule has 18 heavy (non-hydrogen) atoms. The fourth-order valence-corrected chi connectivity index (χ4v) is 3.40. The molecule has 4 nitrogen and oxygen atoms in total. The largest absolute Gasteiger partial charge is 0.492 e. The summed E-state index contributed by atoms with van der Waals surface area (Å²) in [6.45, 7) is 2.51. The molecule has 0 aromatic heterocycles. The molecule has 1 rings (SSSR count). The van der Waals surface area contributed by atoms with Gasteiger partial charge in [-0.25, -0.2) is 0 Å². The number of carbonyl (C=O) groups is 1. The van der Waals surface area contributed by atoms with Crippen LogP contribution in [0.5, 0.6) is 5.75 Å². The Bertz CT molecular complexity index is 524. The molecule has 0 bridgehead atoms. The van der Waals surface area contributed by atoms with Crippen LogP contribution < -0.4 is 10.5 Å². The number of nitrogens with two attached hydrogens (primary N) is 1. The van der Waals surface area contributed by atoms with Crippen LogP contribution in [-0.2, 0) is 4.79 Å². The number of ether oxygens (including phenoxy) is 1. The standard InChI is InChI=1S/C12H10I2N2O2/c1-2-18-11-9(13)4-7(5-10(11)14)3-8(6-15)12(16)17/h3-5H,2H2,1H3,(H2,16,17)/b8-3-. The first-order valence-electron chi connectivity index (χ1n) is 5.03. The maximum absolute atomic E-state index is 11.0. The maximum Gasteiger partial charge on any atom is 0.259 e. The number of benzene rings is 1. The van der Waals surface area contributed by atoms with E-state index in [-0.39, 0.29) is 5.57 Å². The first kappa shape index (κ1) is 15.2. The van der Waals surface area contributed by atoms with E-state index < -0.39 is 5.91 Å². The Morgan fingerprint density at radius 1 is 1.50 bits per heavy atom. The number of rotatable bonds is 4. The van der Waals surface area contributed by atoms with Gasteiger partial charge >= 0.3 is 0 Å². The zero-order valence-electron chi connectivity index (χ0n) is 9.54. The monoisotopic (exact) mass is 468 g/mol. The second-order valence-corrected chi connectivity index (χ2v) is 5.61. The van der Waals surface area contributed by atoms with Gasteiger partial charge in [0.05, 0.1) is 13.7 Å². The molecule has 0 radical (unpaired) electrons. The molecule has 1 amide bonds. The van der Waals surface area contributed by atoms with Crippen LogP contribution in [0, 0.1) is 18.5 Å². The zero-order valence-corrected chi connectivity index (χ0v) is 13.9. The van der Waals surface area contributed by atoms with E-state index in [0.29, 0.717) is 6.61 Å². The van der Waals surface area contributed by atoms with E-state index in [0.717, 1.165) is 18.5 Å². The summed E-state index contributed by atoms with van der Waals surface area (Å²) in [5, 5.41) is 8.79. The Labute approximate surface area is 132 Å². The minimum absolute atomic E-state index is 0.0641. The normalized spacial score (nSPS) is 10.9. The molecule has 0 fully saturated rings. The minimum atomic E-state index is -0.726. The summed E-state index contributed by atoms with van der Waals surface area (Å²) in [4.78, 5) is 11.0. The van der Waals surface area contributed by atoms with E-state index >= 15 is 0 Å². The van der Waals surface area contributed by atoms with Crippen LogP contribution >= 0.6 is 45.2 Å². The van der Waals surface area contributed by atoms with Gasteiger partial charge in [0.1, 0.15) is 17.4 Å². The number of halogens is 2. The number of hydrogen-bond donors (Lipinski definition) is 1. The highest BCUT2D eigenvalue weighted by Crippen LogP contribution is 2.29. The molecule has 0 aliphatic rings. The molecule has 0 saturated heterocycles. The predicted molar refractivity (Wildman–Crippen MR) is 85.8 cm³/mol. The van der Waals surface area contributed by atoms with Crippen molar-refractivity contribution in [3.05, 3.63) is 30.4 Å². The predicted octanol–water partition coefficient (Wildman–Crippen LogP) is 2.69. The lowest BCUT2D eigenvalue weighted by molar-refractivity contribution is -0.114. The lowest BCUT2D eigenvalue weighted by Crippen LogP contribution is -2.12. The molecule has 0 aliphatic heterocycles. The van der Waals surface area contributed by atoms with Gasteiger partial charge in [0.15, 0.2) is 0 Å². The average Bonchev–Trinajstić information content (AvgIpc) is 2.30. The number of nitrogens with zero attached hydrogens (tertiary/aromatic N) is 1. The van der Waals surface area contributed by atoms with Gasteiger partial charge in [-0.15, -0.1) is 0 Å². The van der Waals surface area contributed by atoms with Gasteiger partial charge in [0.25, 0.3) is 5.91 Å². The Morgan fingerprint density at radius 2 is 2.06 bits per heavy atom. The smallest absolute Gasteiger partial charge is 0.259 e. The average molecular weight is 468 g/mol. The fraction of sp³-hybridized carbons (Fsp3) is 0.167. The third-order valence-corrected chi connectivity index (χ3v) is 3.61. The van der Waals surface area contributed by atoms with Crippen LogP contribution in [0.3, 0.4) is 0 Å². The summed E-state index contributed by atoms with van der Waals surface area (Å²) in [5.74, 6) is 0.0878. The maximum atomic E-state index is 11.0. The summed E-state index contributed by atoms with van der Waals surface area (Å²) < 4.78 is 7.36. The number of carbonyl (C=O) groups excluding carboxylic acids is 1. The number of hydrogen-bond acceptors (Lipinski definition) is 3. The summed E-state index contributed by atoms with van der Waals surface area (Å²) in [7, 11) is 0. The summed E-state index contributed by atoms with van der Waals surface area (Å²) in [5.41, 5.74) is 5.78. The van der Waals surface area contributed by atoms with Crippen LogP contribution in [0.1, 0.15) is 12.5 Å². The van der Waals surface area contributed by atoms with E-state index in [1.807, 2.05) is 19.1 Å². The summed E-state index contributed by atoms with van der Waals surface area (Å²) in [6.07, 6.45) is 1.47. The minimum Gasteiger partial charge on any atom is -0.492 e. The van der Waals surface area contributed by atoms with Crippen molar-refractivity contribution >= 4 is 57.2 Å². The van der Waals surface area contributed by atoms with Crippen molar-refractivity contribution in [2.45, 2.75) is 6.92 Å². The topological polar surface area (TPSA) is 76.1 Å². The molecule has 6 heteroatoms. The van der Waals surface area contributed by atoms with Crippen LogP contribution in [0.15, 0.2) is 17.7 Å². The van der Waals surface area contributed by atoms with E-state index in [1.165, 1.54) is 6.08 Å². The van der Waals surface area contributed by atoms with E-state index in [2.05, 4.69) is 45.2 Å². The van der Waals surface area contributed by atoms with Crippen molar-refractivity contribution in [2.75, 3.05) is 6.61 Å². The molecule has 2 N–H and O–H groups in total. The molecule has 0 saturated carbocycles. The molecule has 94 valence electrons. The van der Waals surface area contributed by atoms with Crippen molar-refractivity contribution < 1.29 is 9.53 Å². The van der Waals surface area contributed by atoms with Gasteiger partial charge in [-0.3, -0.25) is 4.79 Å². The number of primary amides is 1. The zero-order chi connectivity index (χ0) is 13.7. The molecule has 0 unspecified atom stereocenters. The van der Waals surface area contributed by atoms with Gasteiger partial charge in [0, 0.05) is 0 Å². The second kappa shape index (κ2) is 6.94. The lowest BCUT2D eigenvalue weighted by atomic mass is 10.1. The first-order chi connectivity index (χ1) is 8.49. The van der Waals surface area contributed by atoms with Crippen LogP contribution in [0.4, 0.5) is 0 Å². The van der Waals surface area contributed by atoms with E-state index in [9.17, 15) is 4.79 Å². The van der Waals surface area contributed by atoms with Crippen molar-refractivity contribution in [3.8, 4) is 11.8 Å². The summed E-state index contributed by atoms with van der Waals surface area (Å²) >= 11 is 4.31. The molecule has 0 heterocycles. The van der Waals surface area contributed by atoms with E-state index in [4.69, 9.17) is 15.7 Å². The number of nitriles is 1. The van der Waals surface area contributed by atoms with Crippen molar-refractivity contribution in [3.63, 3.8) is 0 Å². The van der Waals surface area contributed by atoms with Gasteiger partial charge in [0.2, 0.25) is 0 Å². The van der Waals surface area contributed by atoms with Crippen molar-refractivity contribution in [1.82, 2.24) is 0 Å². The highest BCUT2D eigenvalue weighted by Gasteiger charge is 2.09. The second-order valence-electron chi connectivity index (χ2n) is 3.28. The third kappa shape index (κ3) is 3.84. The Kier molecular flexibility index (Phi) is 5.87. The van der Waals surface area contributed by atoms with Crippen LogP contribution in [-0.4, -0.2) is 12.5 Å². The highest BCUT2D eigenvalue weighted by molar-refractivity contribution is 14.1. The van der Waals surface area contributed by atoms with Gasteiger partial charge in [-0.1, -0.05) is 0 Å². The fourth-order valence-electron chi connectivity index (χ4n) is 1.27. The molecule has 0 spiro atoms. The van der Waals surface area contributed by atoms with Crippen molar-refractivity contribution in [1.29, 1.82) is 5.26 Å². The SMILES string of the molecule is CCOc1c(I)cc(/C=C(/C#N)C(N)=O)cc1I. The van der Waals surface area contributed by atoms with E-state index in [1.54, 1.807) is 6.07 Å². The third-order valence-electron chi connectivity index (χ3n) is 2.01. The molecular weight excluding hydrogens is 458 g/mol. The number of amides is 1. The van der Waals surface area contributed by atoms with Gasteiger partial charge in [-0.2, -0.15) is 5.26 Å². The molecule has 1 aromatic carbocycles. The lowest BCUT2D eigenvalue weighted by Gasteiger charge is -2.09. The quantitative estimate of drug-likeness (QED) is 0.420. The molecule has 0 atom stereocenters. The Balaban J connectivity index is 3.22. The van der Waals surface area contributed by atoms with Crippen molar-refractivity contribution in [2.24, 2.45) is 5.73 Å². The summed E-state index contributed by atoms with van der Waals surface area (Å²) in [6, 6.07) is 5.46. The van der Waals surface area contributed by atoms with Crippen LogP contribution in [0.2, 0.25) is 0 Å². The van der Waals surface area contributed by atoms with Gasteiger partial charge < -0.3 is 10.5 Å². The Hall–Kier alpha value is -0.820. The van der Waals surface area contributed by atoms with Crippen LogP contribution in [0.25, 0.3) is 6.08 Å². The van der Waals surface area contributed by atoms with Gasteiger partial charge in [-0.05, 0) is 75.9 Å². The highest BCUT2D eigenvalue weighted by atomic mass is 127. The Morgan fingerprint density at radius 3 is 2.44 bits per heavy atom. The molecule has 1 aromatic rings. The molecular formula is C12H10I2N2O2. The molecule has 0 aliphatic carbocycles. The first-order valence-corrected chi connectivity index (χ1v) is 7.18.